The third-order valence-corrected chi connectivity index (χ3v) is 6.00. The summed E-state index contributed by atoms with van der Waals surface area (Å²) in [6, 6.07) is 5.61. The van der Waals surface area contributed by atoms with Crippen LogP contribution in [-0.2, 0) is 6.54 Å². The van der Waals surface area contributed by atoms with Crippen LogP contribution in [0.3, 0.4) is 0 Å². The van der Waals surface area contributed by atoms with Gasteiger partial charge in [0.05, 0.1) is 18.4 Å². The Morgan fingerprint density at radius 2 is 1.97 bits per heavy atom. The van der Waals surface area contributed by atoms with Crippen LogP contribution < -0.4 is 10.5 Å². The van der Waals surface area contributed by atoms with Crippen LogP contribution in [0.4, 0.5) is 13.2 Å². The second-order valence-electron chi connectivity index (χ2n) is 8.66. The van der Waals surface area contributed by atoms with E-state index in [4.69, 9.17) is 10.5 Å². The van der Waals surface area contributed by atoms with Crippen LogP contribution in [0.1, 0.15) is 29.9 Å². The van der Waals surface area contributed by atoms with Crippen LogP contribution in [-0.4, -0.2) is 89.0 Å². The molecule has 2 N–H and O–H groups in total. The number of alkyl halides is 3. The van der Waals surface area contributed by atoms with Gasteiger partial charge in [0.2, 0.25) is 0 Å². The zero-order valence-electron chi connectivity index (χ0n) is 19.6. The van der Waals surface area contributed by atoms with Gasteiger partial charge in [-0.05, 0) is 32.0 Å². The Balaban J connectivity index is 1.64. The highest BCUT2D eigenvalue weighted by Crippen LogP contribution is 2.33. The number of rotatable bonds is 4. The number of imidazole rings is 1. The molecule has 2 aliphatic rings. The summed E-state index contributed by atoms with van der Waals surface area (Å²) in [5.74, 6) is 0.693. The summed E-state index contributed by atoms with van der Waals surface area (Å²) in [5, 5.41) is 0. The Kier molecular flexibility index (Phi) is 7.10. The molecule has 0 saturated carbocycles. The summed E-state index contributed by atoms with van der Waals surface area (Å²) in [6.45, 7) is 6.52. The Hall–Kier alpha value is -3.41. The highest BCUT2D eigenvalue weighted by molar-refractivity contribution is 6.02. The lowest BCUT2D eigenvalue weighted by atomic mass is 10.1. The lowest BCUT2D eigenvalue weighted by molar-refractivity contribution is -0.118. The van der Waals surface area contributed by atoms with E-state index in [0.717, 1.165) is 19.4 Å². The van der Waals surface area contributed by atoms with Gasteiger partial charge in [0.25, 0.3) is 5.91 Å². The fourth-order valence-electron chi connectivity index (χ4n) is 4.17. The van der Waals surface area contributed by atoms with E-state index < -0.39 is 12.7 Å². The van der Waals surface area contributed by atoms with Crippen molar-refractivity contribution in [1.82, 2.24) is 19.4 Å². The Labute approximate surface area is 201 Å². The highest BCUT2D eigenvalue weighted by Gasteiger charge is 2.28. The Morgan fingerprint density at radius 3 is 2.63 bits per heavy atom. The number of aliphatic imine (C=N–C) groups is 2. The van der Waals surface area contributed by atoms with Crippen molar-refractivity contribution in [3.8, 4) is 17.1 Å². The zero-order valence-corrected chi connectivity index (χ0v) is 19.6. The highest BCUT2D eigenvalue weighted by atomic mass is 19.4. The number of aromatic nitrogens is 2. The first-order valence-electron chi connectivity index (χ1n) is 11.4. The van der Waals surface area contributed by atoms with Gasteiger partial charge in [0.1, 0.15) is 30.4 Å². The SMILES string of the molecule is CC(C)N1CCN(C(=O)c2ccc3c(c2)-c2nc(C(N=CN)=NCC(F)(F)F)cn2CCO3)CC1. The maximum absolute atomic E-state index is 13.2. The Morgan fingerprint density at radius 1 is 1.23 bits per heavy atom. The predicted molar refractivity (Wildman–Crippen MR) is 126 cm³/mol. The molecule has 0 atom stereocenters. The minimum Gasteiger partial charge on any atom is -0.491 e. The summed E-state index contributed by atoms with van der Waals surface area (Å²) in [5.41, 5.74) is 6.55. The summed E-state index contributed by atoms with van der Waals surface area (Å²) in [4.78, 5) is 29.2. The van der Waals surface area contributed by atoms with E-state index in [-0.39, 0.29) is 17.4 Å². The number of hydrogen-bond acceptors (Lipinski definition) is 5. The maximum atomic E-state index is 13.2. The fourth-order valence-corrected chi connectivity index (χ4v) is 4.17. The molecule has 35 heavy (non-hydrogen) atoms. The quantitative estimate of drug-likeness (QED) is 0.523. The maximum Gasteiger partial charge on any atom is 0.408 e. The molecule has 9 nitrogen and oxygen atoms in total. The first kappa shape index (κ1) is 24.7. The summed E-state index contributed by atoms with van der Waals surface area (Å²) in [6.07, 6.45) is -2.04. The van der Waals surface area contributed by atoms with E-state index in [0.29, 0.717) is 55.0 Å². The van der Waals surface area contributed by atoms with E-state index in [1.165, 1.54) is 0 Å². The van der Waals surface area contributed by atoms with E-state index in [1.807, 2.05) is 4.90 Å². The molecule has 4 rings (SSSR count). The zero-order chi connectivity index (χ0) is 25.2. The number of carbonyl (C=O) groups excluding carboxylic acids is 1. The summed E-state index contributed by atoms with van der Waals surface area (Å²) < 4.78 is 45.7. The monoisotopic (exact) mass is 491 g/mol. The molecule has 1 aromatic heterocycles. The Bertz CT molecular complexity index is 1130. The van der Waals surface area contributed by atoms with Gasteiger partial charge in [-0.3, -0.25) is 14.7 Å². The average Bonchev–Trinajstić information content (AvgIpc) is 3.17. The third-order valence-electron chi connectivity index (χ3n) is 6.00. The van der Waals surface area contributed by atoms with Gasteiger partial charge in [0.15, 0.2) is 5.84 Å². The standard InChI is InChI=1S/C23H28F3N7O2/c1-15(2)31-5-7-32(8-6-31)22(34)16-3-4-19-17(11-16)21-30-18(12-33(21)9-10-35-19)20(29-14-27)28-13-23(24,25)26/h3-4,11-12,14-15H,5-10,13H2,1-2H3,(H2,27,28,29). The number of nitrogens with two attached hydrogens (primary N) is 1. The molecular formula is C23H28F3N7O2. The lowest BCUT2D eigenvalue weighted by Crippen LogP contribution is -2.50. The smallest absolute Gasteiger partial charge is 0.408 e. The molecule has 0 radical (unpaired) electrons. The van der Waals surface area contributed by atoms with Gasteiger partial charge in [0, 0.05) is 44.0 Å². The molecule has 2 aliphatic heterocycles. The number of hydrogen-bond donors (Lipinski definition) is 1. The minimum atomic E-state index is -4.48. The third kappa shape index (κ3) is 5.64. The van der Waals surface area contributed by atoms with Crippen molar-refractivity contribution in [2.45, 2.75) is 32.6 Å². The number of piperazine rings is 1. The number of amidine groups is 1. The van der Waals surface area contributed by atoms with Crippen LogP contribution in [0.2, 0.25) is 0 Å². The normalized spacial score (nSPS) is 17.3. The molecule has 1 fully saturated rings. The average molecular weight is 492 g/mol. The molecule has 188 valence electrons. The fraction of sp³-hybridized carbons (Fsp3) is 0.478. The summed E-state index contributed by atoms with van der Waals surface area (Å²) in [7, 11) is 0. The van der Waals surface area contributed by atoms with E-state index in [2.05, 4.69) is 33.7 Å². The van der Waals surface area contributed by atoms with Crippen molar-refractivity contribution >= 4 is 18.1 Å². The van der Waals surface area contributed by atoms with E-state index >= 15 is 0 Å². The number of carbonyl (C=O) groups is 1. The molecule has 1 aromatic carbocycles. The van der Waals surface area contributed by atoms with Crippen LogP contribution in [0.25, 0.3) is 11.4 Å². The number of amides is 1. The molecule has 2 aromatic rings. The second-order valence-corrected chi connectivity index (χ2v) is 8.66. The number of fused-ring (bicyclic) bond motifs is 3. The van der Waals surface area contributed by atoms with Crippen molar-refractivity contribution < 1.29 is 22.7 Å². The number of ether oxygens (including phenoxy) is 1. The van der Waals surface area contributed by atoms with Crippen molar-refractivity contribution in [1.29, 1.82) is 0 Å². The van der Waals surface area contributed by atoms with Gasteiger partial charge in [-0.1, -0.05) is 0 Å². The summed E-state index contributed by atoms with van der Waals surface area (Å²) >= 11 is 0. The van der Waals surface area contributed by atoms with Crippen molar-refractivity contribution in [2.75, 3.05) is 39.3 Å². The molecule has 3 heterocycles. The van der Waals surface area contributed by atoms with Gasteiger partial charge < -0.3 is 19.9 Å². The van der Waals surface area contributed by atoms with Gasteiger partial charge in [-0.25, -0.2) is 9.98 Å². The molecular weight excluding hydrogens is 463 g/mol. The molecule has 1 amide bonds. The second kappa shape index (κ2) is 10.1. The first-order valence-corrected chi connectivity index (χ1v) is 11.4. The van der Waals surface area contributed by atoms with Gasteiger partial charge in [-0.2, -0.15) is 13.2 Å². The number of nitrogens with zero attached hydrogens (tertiary/aromatic N) is 6. The first-order chi connectivity index (χ1) is 16.7. The number of benzene rings is 1. The molecule has 0 spiro atoms. The van der Waals surface area contributed by atoms with E-state index in [9.17, 15) is 18.0 Å². The van der Waals surface area contributed by atoms with Crippen LogP contribution in [0.5, 0.6) is 5.75 Å². The van der Waals surface area contributed by atoms with Crippen LogP contribution >= 0.6 is 0 Å². The van der Waals surface area contributed by atoms with Crippen LogP contribution in [0, 0.1) is 0 Å². The van der Waals surface area contributed by atoms with Crippen molar-refractivity contribution in [3.05, 3.63) is 35.7 Å². The lowest BCUT2D eigenvalue weighted by Gasteiger charge is -2.37. The minimum absolute atomic E-state index is 0.0843. The molecule has 0 aliphatic carbocycles. The van der Waals surface area contributed by atoms with Gasteiger partial charge in [-0.15, -0.1) is 0 Å². The predicted octanol–water partition coefficient (Wildman–Crippen LogP) is 2.40. The van der Waals surface area contributed by atoms with Crippen LogP contribution in [0.15, 0.2) is 34.4 Å². The molecule has 0 unspecified atom stereocenters. The topological polar surface area (TPSA) is 101 Å². The molecule has 0 bridgehead atoms. The largest absolute Gasteiger partial charge is 0.491 e. The van der Waals surface area contributed by atoms with E-state index in [1.54, 1.807) is 29.0 Å². The number of halogens is 3. The molecule has 1 saturated heterocycles. The van der Waals surface area contributed by atoms with Crippen molar-refractivity contribution in [3.63, 3.8) is 0 Å². The van der Waals surface area contributed by atoms with Gasteiger partial charge >= 0.3 is 6.18 Å². The van der Waals surface area contributed by atoms with Crippen molar-refractivity contribution in [2.24, 2.45) is 15.7 Å². The molecule has 12 heteroatoms.